The summed E-state index contributed by atoms with van der Waals surface area (Å²) in [5.41, 5.74) is 1.13. The van der Waals surface area contributed by atoms with Crippen LogP contribution in [0.4, 0.5) is 0 Å². The van der Waals surface area contributed by atoms with E-state index < -0.39 is 0 Å². The summed E-state index contributed by atoms with van der Waals surface area (Å²) < 4.78 is 5.17. The predicted octanol–water partition coefficient (Wildman–Crippen LogP) is 2.31. The van der Waals surface area contributed by atoms with Crippen molar-refractivity contribution < 1.29 is 9.21 Å². The molecule has 2 aromatic heterocycles. The Morgan fingerprint density at radius 1 is 1.33 bits per heavy atom. The lowest BCUT2D eigenvalue weighted by Crippen LogP contribution is -2.48. The van der Waals surface area contributed by atoms with Crippen LogP contribution in [0.5, 0.6) is 0 Å². The third-order valence-electron chi connectivity index (χ3n) is 3.82. The van der Waals surface area contributed by atoms with Gasteiger partial charge in [-0.25, -0.2) is 4.98 Å². The Labute approximate surface area is 128 Å². The van der Waals surface area contributed by atoms with Gasteiger partial charge in [0.1, 0.15) is 5.01 Å². The molecule has 0 N–H and O–H groups in total. The van der Waals surface area contributed by atoms with Crippen LogP contribution in [0.2, 0.25) is 0 Å². The van der Waals surface area contributed by atoms with Gasteiger partial charge in [-0.3, -0.25) is 9.69 Å². The van der Waals surface area contributed by atoms with Gasteiger partial charge < -0.3 is 9.32 Å². The summed E-state index contributed by atoms with van der Waals surface area (Å²) >= 11 is 1.76. The van der Waals surface area contributed by atoms with E-state index in [0.717, 1.165) is 43.4 Å². The van der Waals surface area contributed by atoms with Gasteiger partial charge >= 0.3 is 0 Å². The number of hydrogen-bond donors (Lipinski definition) is 0. The molecule has 0 radical (unpaired) electrons. The lowest BCUT2D eigenvalue weighted by molar-refractivity contribution is 0.0597. The number of carbonyl (C=O) groups excluding carboxylic acids is 1. The minimum atomic E-state index is -0.0133. The third kappa shape index (κ3) is 3.16. The summed E-state index contributed by atoms with van der Waals surface area (Å²) in [4.78, 5) is 22.3. The van der Waals surface area contributed by atoms with Crippen LogP contribution in [0.25, 0.3) is 0 Å². The first-order chi connectivity index (χ1) is 10.1. The number of furan rings is 1. The van der Waals surface area contributed by atoms with E-state index in [9.17, 15) is 4.79 Å². The average Bonchev–Trinajstić information content (AvgIpc) is 3.10. The van der Waals surface area contributed by atoms with Crippen molar-refractivity contribution in [3.63, 3.8) is 0 Å². The second kappa shape index (κ2) is 5.99. The van der Waals surface area contributed by atoms with Crippen LogP contribution in [0, 0.1) is 13.8 Å². The first kappa shape index (κ1) is 14.3. The van der Waals surface area contributed by atoms with Crippen molar-refractivity contribution in [2.24, 2.45) is 0 Å². The first-order valence-electron chi connectivity index (χ1n) is 7.11. The zero-order valence-corrected chi connectivity index (χ0v) is 13.2. The van der Waals surface area contributed by atoms with Crippen molar-refractivity contribution in [2.45, 2.75) is 20.4 Å². The van der Waals surface area contributed by atoms with Gasteiger partial charge in [-0.15, -0.1) is 11.3 Å². The van der Waals surface area contributed by atoms with Gasteiger partial charge in [-0.05, 0) is 26.0 Å². The second-order valence-electron chi connectivity index (χ2n) is 5.29. The monoisotopic (exact) mass is 305 g/mol. The van der Waals surface area contributed by atoms with Crippen LogP contribution in [0.3, 0.4) is 0 Å². The highest BCUT2D eigenvalue weighted by atomic mass is 32.1. The summed E-state index contributed by atoms with van der Waals surface area (Å²) in [7, 11) is 0. The Kier molecular flexibility index (Phi) is 4.07. The van der Waals surface area contributed by atoms with Gasteiger partial charge in [0, 0.05) is 31.1 Å². The van der Waals surface area contributed by atoms with Gasteiger partial charge in [-0.1, -0.05) is 0 Å². The summed E-state index contributed by atoms with van der Waals surface area (Å²) in [6.45, 7) is 8.27. The van der Waals surface area contributed by atoms with Crippen LogP contribution >= 0.6 is 11.3 Å². The molecule has 0 saturated carbocycles. The molecule has 6 heteroatoms. The highest BCUT2D eigenvalue weighted by molar-refractivity contribution is 7.11. The van der Waals surface area contributed by atoms with Gasteiger partial charge in [0.2, 0.25) is 0 Å². The lowest BCUT2D eigenvalue weighted by atomic mass is 10.3. The molecule has 3 rings (SSSR count). The van der Waals surface area contributed by atoms with Gasteiger partial charge in [0.15, 0.2) is 5.76 Å². The van der Waals surface area contributed by atoms with Crippen LogP contribution < -0.4 is 0 Å². The summed E-state index contributed by atoms with van der Waals surface area (Å²) in [5, 5.41) is 1.16. The number of aromatic nitrogens is 1. The molecule has 0 bridgehead atoms. The van der Waals surface area contributed by atoms with E-state index >= 15 is 0 Å². The van der Waals surface area contributed by atoms with Gasteiger partial charge in [0.25, 0.3) is 5.91 Å². The molecule has 21 heavy (non-hydrogen) atoms. The van der Waals surface area contributed by atoms with E-state index in [4.69, 9.17) is 4.42 Å². The molecule has 0 aromatic carbocycles. The maximum Gasteiger partial charge on any atom is 0.289 e. The maximum absolute atomic E-state index is 12.2. The zero-order valence-electron chi connectivity index (χ0n) is 12.3. The minimum Gasteiger partial charge on any atom is -0.459 e. The SMILES string of the molecule is Cc1nc(CN2CCN(C(=O)c3ccco3)CC2)sc1C. The normalized spacial score (nSPS) is 16.4. The smallest absolute Gasteiger partial charge is 0.289 e. The minimum absolute atomic E-state index is 0.0133. The molecule has 1 amide bonds. The number of amides is 1. The number of aryl methyl sites for hydroxylation is 2. The van der Waals surface area contributed by atoms with Crippen LogP contribution in [0.15, 0.2) is 22.8 Å². The van der Waals surface area contributed by atoms with Crippen molar-refractivity contribution in [2.75, 3.05) is 26.2 Å². The number of nitrogens with zero attached hydrogens (tertiary/aromatic N) is 3. The summed E-state index contributed by atoms with van der Waals surface area (Å²) in [6, 6.07) is 3.46. The zero-order chi connectivity index (χ0) is 14.8. The molecule has 1 aliphatic heterocycles. The van der Waals surface area contributed by atoms with Crippen molar-refractivity contribution in [1.29, 1.82) is 0 Å². The van der Waals surface area contributed by atoms with Crippen molar-refractivity contribution >= 4 is 17.2 Å². The maximum atomic E-state index is 12.2. The Hall–Kier alpha value is -1.66. The van der Waals surface area contributed by atoms with E-state index in [1.54, 1.807) is 23.5 Å². The number of carbonyl (C=O) groups is 1. The number of thiazole rings is 1. The molecule has 1 aliphatic rings. The van der Waals surface area contributed by atoms with Crippen molar-refractivity contribution in [1.82, 2.24) is 14.8 Å². The number of piperazine rings is 1. The molecule has 0 aliphatic carbocycles. The lowest BCUT2D eigenvalue weighted by Gasteiger charge is -2.33. The first-order valence-corrected chi connectivity index (χ1v) is 7.93. The number of hydrogen-bond acceptors (Lipinski definition) is 5. The molecule has 0 atom stereocenters. The molecule has 0 unspecified atom stereocenters. The average molecular weight is 305 g/mol. The van der Waals surface area contributed by atoms with E-state index in [1.165, 1.54) is 11.1 Å². The molecule has 0 spiro atoms. The summed E-state index contributed by atoms with van der Waals surface area (Å²) in [5.74, 6) is 0.412. The van der Waals surface area contributed by atoms with Crippen LogP contribution in [-0.4, -0.2) is 46.9 Å². The quantitative estimate of drug-likeness (QED) is 0.873. The third-order valence-corrected chi connectivity index (χ3v) is 4.88. The Morgan fingerprint density at radius 3 is 2.67 bits per heavy atom. The highest BCUT2D eigenvalue weighted by Gasteiger charge is 2.24. The fourth-order valence-corrected chi connectivity index (χ4v) is 3.44. The molecule has 112 valence electrons. The molecule has 1 fully saturated rings. The van der Waals surface area contributed by atoms with E-state index in [2.05, 4.69) is 23.7 Å². The second-order valence-corrected chi connectivity index (χ2v) is 6.58. The fourth-order valence-electron chi connectivity index (χ4n) is 2.46. The largest absolute Gasteiger partial charge is 0.459 e. The van der Waals surface area contributed by atoms with Crippen LogP contribution in [-0.2, 0) is 6.54 Å². The topological polar surface area (TPSA) is 49.6 Å². The van der Waals surface area contributed by atoms with Gasteiger partial charge in [0.05, 0.1) is 18.5 Å². The van der Waals surface area contributed by atoms with Crippen molar-refractivity contribution in [3.8, 4) is 0 Å². The van der Waals surface area contributed by atoms with E-state index in [0.29, 0.717) is 5.76 Å². The van der Waals surface area contributed by atoms with Crippen LogP contribution in [0.1, 0.15) is 26.1 Å². The molecule has 3 heterocycles. The summed E-state index contributed by atoms with van der Waals surface area (Å²) in [6.07, 6.45) is 1.54. The molecule has 1 saturated heterocycles. The fraction of sp³-hybridized carbons (Fsp3) is 0.467. The Morgan fingerprint density at radius 2 is 2.10 bits per heavy atom. The molecular formula is C15H19N3O2S. The molecule has 2 aromatic rings. The van der Waals surface area contributed by atoms with E-state index in [1.807, 2.05) is 4.90 Å². The van der Waals surface area contributed by atoms with Gasteiger partial charge in [-0.2, -0.15) is 0 Å². The molecule has 5 nitrogen and oxygen atoms in total. The number of rotatable bonds is 3. The predicted molar refractivity (Wildman–Crippen MR) is 81.5 cm³/mol. The van der Waals surface area contributed by atoms with Crippen molar-refractivity contribution in [3.05, 3.63) is 39.7 Å². The molecular weight excluding hydrogens is 286 g/mol. The Balaban J connectivity index is 1.54. The standard InChI is InChI=1S/C15H19N3O2S/c1-11-12(2)21-14(16-11)10-17-5-7-18(8-6-17)15(19)13-4-3-9-20-13/h3-4,9H,5-8,10H2,1-2H3. The highest BCUT2D eigenvalue weighted by Crippen LogP contribution is 2.19. The Bertz CT molecular complexity index is 593. The van der Waals surface area contributed by atoms with E-state index in [-0.39, 0.29) is 5.91 Å².